The maximum absolute atomic E-state index is 13.7. The number of ether oxygens (including phenoxy) is 2. The van der Waals surface area contributed by atoms with Gasteiger partial charge in [0.25, 0.3) is 0 Å². The van der Waals surface area contributed by atoms with Crippen LogP contribution in [0.15, 0.2) is 24.3 Å². The number of cyclic esters (lactones) is 1. The minimum Gasteiger partial charge on any atom is -0.462 e. The van der Waals surface area contributed by atoms with E-state index in [-0.39, 0.29) is 19.3 Å². The van der Waals surface area contributed by atoms with Gasteiger partial charge < -0.3 is 50.1 Å². The molecule has 2 bridgehead atoms. The second-order valence-corrected chi connectivity index (χ2v) is 19.2. The highest BCUT2D eigenvalue weighted by molar-refractivity contribution is 7.47. The van der Waals surface area contributed by atoms with Crippen molar-refractivity contribution in [3.05, 3.63) is 24.3 Å². The minimum atomic E-state index is -5.45. The second kappa shape index (κ2) is 33.4. The first-order valence-electron chi connectivity index (χ1n) is 24.2. The molecule has 0 aromatic rings. The van der Waals surface area contributed by atoms with E-state index in [1.54, 1.807) is 0 Å². The molecule has 0 amide bonds. The number of carbonyl (C=O) groups is 3. The minimum absolute atomic E-state index is 0.0313. The van der Waals surface area contributed by atoms with Gasteiger partial charge in [-0.3, -0.25) is 23.4 Å². The predicted molar refractivity (Wildman–Crippen MR) is 241 cm³/mol. The SMILES string of the molecule is CCCCCC/C=C\CCCCCCCCCC(=O)OC[C@@H]1COP(=O)(O)O[C@H]2[C@H](O)[C@@H](O)[C@H](O)[C@@H](CCCCCCC(=O)O1)[C@@H](O)CC(=O)[C@H](/C=C/[C@@H](O)CCCCC)[C@@H](O)[C@H]2O. The van der Waals surface area contributed by atoms with Crippen LogP contribution in [0.3, 0.4) is 0 Å². The summed E-state index contributed by atoms with van der Waals surface area (Å²) in [7, 11) is -5.45. The van der Waals surface area contributed by atoms with E-state index < -0.39 is 112 Å². The van der Waals surface area contributed by atoms with Gasteiger partial charge in [0, 0.05) is 25.2 Å². The molecule has 0 aromatic heterocycles. The first kappa shape index (κ1) is 58.0. The molecule has 1 aliphatic carbocycles. The average molecular weight is 935 g/mol. The Bertz CT molecular complexity index is 1390. The van der Waals surface area contributed by atoms with Crippen molar-refractivity contribution < 1.29 is 78.1 Å². The zero-order valence-electron chi connectivity index (χ0n) is 38.5. The maximum Gasteiger partial charge on any atom is 0.472 e. The summed E-state index contributed by atoms with van der Waals surface area (Å²) in [6, 6.07) is 0. The molecule has 1 aliphatic heterocycles. The summed E-state index contributed by atoms with van der Waals surface area (Å²) in [4.78, 5) is 50.1. The topological polar surface area (TPSA) is 267 Å². The summed E-state index contributed by atoms with van der Waals surface area (Å²) in [5.41, 5.74) is 0. The zero-order valence-corrected chi connectivity index (χ0v) is 39.4. The van der Waals surface area contributed by atoms with E-state index in [0.717, 1.165) is 70.3 Å². The second-order valence-electron chi connectivity index (χ2n) is 17.7. The summed E-state index contributed by atoms with van der Waals surface area (Å²) >= 11 is 0. The van der Waals surface area contributed by atoms with Gasteiger partial charge in [-0.2, -0.15) is 0 Å². The molecule has 372 valence electrons. The zero-order chi connectivity index (χ0) is 47.3. The highest BCUT2D eigenvalue weighted by atomic mass is 31.2. The number of unbranched alkanes of at least 4 members (excludes halogenated alkanes) is 13. The summed E-state index contributed by atoms with van der Waals surface area (Å²) in [6.45, 7) is 2.81. The predicted octanol–water partition coefficient (Wildman–Crippen LogP) is 6.20. The van der Waals surface area contributed by atoms with Crippen LogP contribution in [-0.4, -0.2) is 127 Å². The molecule has 0 radical (unpaired) electrons. The Kier molecular flexibility index (Phi) is 30.3. The number of esters is 2. The van der Waals surface area contributed by atoms with Crippen LogP contribution in [0.5, 0.6) is 0 Å². The molecule has 1 unspecified atom stereocenters. The van der Waals surface area contributed by atoms with Crippen molar-refractivity contribution in [2.45, 2.75) is 229 Å². The fourth-order valence-corrected chi connectivity index (χ4v) is 9.12. The monoisotopic (exact) mass is 935 g/mol. The molecule has 2 rings (SSSR count). The third-order valence-electron chi connectivity index (χ3n) is 12.2. The van der Waals surface area contributed by atoms with Crippen molar-refractivity contribution >= 4 is 25.5 Å². The van der Waals surface area contributed by atoms with E-state index in [1.807, 2.05) is 6.92 Å². The fourth-order valence-electron chi connectivity index (χ4n) is 8.15. The lowest BCUT2D eigenvalue weighted by Gasteiger charge is -2.37. The Hall–Kier alpha value is -2.08. The summed E-state index contributed by atoms with van der Waals surface area (Å²) in [5.74, 6) is -4.96. The average Bonchev–Trinajstić information content (AvgIpc) is 3.26. The van der Waals surface area contributed by atoms with Crippen molar-refractivity contribution in [3.63, 3.8) is 0 Å². The lowest BCUT2D eigenvalue weighted by atomic mass is 9.82. The van der Waals surface area contributed by atoms with Gasteiger partial charge in [-0.15, -0.1) is 0 Å². The van der Waals surface area contributed by atoms with Gasteiger partial charge in [0.2, 0.25) is 0 Å². The molecule has 0 aromatic carbocycles. The van der Waals surface area contributed by atoms with E-state index in [9.17, 15) is 59.6 Å². The van der Waals surface area contributed by atoms with Gasteiger partial charge in [0.15, 0.2) is 6.10 Å². The quantitative estimate of drug-likeness (QED) is 0.0245. The van der Waals surface area contributed by atoms with Gasteiger partial charge in [-0.1, -0.05) is 128 Å². The Morgan fingerprint density at radius 3 is 2.03 bits per heavy atom. The van der Waals surface area contributed by atoms with Crippen LogP contribution >= 0.6 is 7.82 Å². The molecule has 1 saturated heterocycles. The molecule has 2 fully saturated rings. The molecule has 2 aliphatic rings. The number of Topliss-reactive ketones (excluding diaryl/α,β-unsaturated/α-hetero) is 1. The molecule has 16 nitrogen and oxygen atoms in total. The number of phosphoric ester groups is 1. The Morgan fingerprint density at radius 2 is 1.36 bits per heavy atom. The van der Waals surface area contributed by atoms with Crippen molar-refractivity contribution in [1.82, 2.24) is 0 Å². The number of aliphatic hydroxyl groups is 7. The van der Waals surface area contributed by atoms with E-state index in [4.69, 9.17) is 18.5 Å². The van der Waals surface area contributed by atoms with Crippen molar-refractivity contribution in [3.8, 4) is 0 Å². The largest absolute Gasteiger partial charge is 0.472 e. The number of carbonyl (C=O) groups excluding carboxylic acids is 3. The number of hydrogen-bond donors (Lipinski definition) is 8. The maximum atomic E-state index is 13.7. The van der Waals surface area contributed by atoms with Crippen LogP contribution in [0, 0.1) is 11.8 Å². The fraction of sp³-hybridized carbons (Fsp3) is 0.851. The molecule has 8 N–H and O–H groups in total. The first-order valence-corrected chi connectivity index (χ1v) is 25.7. The number of fused-ring (bicyclic) bond motifs is 4. The van der Waals surface area contributed by atoms with Crippen molar-refractivity contribution in [2.24, 2.45) is 11.8 Å². The molecule has 0 spiro atoms. The van der Waals surface area contributed by atoms with E-state index >= 15 is 0 Å². The third kappa shape index (κ3) is 23.6. The molecule has 17 heteroatoms. The smallest absolute Gasteiger partial charge is 0.462 e. The van der Waals surface area contributed by atoms with E-state index in [0.29, 0.717) is 44.9 Å². The number of aliphatic hydroxyl groups excluding tert-OH is 7. The van der Waals surface area contributed by atoms with Gasteiger partial charge in [-0.25, -0.2) is 4.57 Å². The number of phosphoric acid groups is 1. The van der Waals surface area contributed by atoms with Gasteiger partial charge >= 0.3 is 19.8 Å². The lowest BCUT2D eigenvalue weighted by Crippen LogP contribution is -2.55. The Morgan fingerprint density at radius 1 is 0.766 bits per heavy atom. The highest BCUT2D eigenvalue weighted by Crippen LogP contribution is 2.47. The number of allylic oxidation sites excluding steroid dienone is 2. The summed E-state index contributed by atoms with van der Waals surface area (Å²) < 4.78 is 34.6. The number of rotatable bonds is 23. The molecular formula is C47H83O16P. The van der Waals surface area contributed by atoms with Gasteiger partial charge in [0.1, 0.15) is 36.8 Å². The van der Waals surface area contributed by atoms with Crippen LogP contribution in [0.2, 0.25) is 0 Å². The Balaban J connectivity index is 2.14. The van der Waals surface area contributed by atoms with Crippen molar-refractivity contribution in [1.29, 1.82) is 0 Å². The van der Waals surface area contributed by atoms with Crippen LogP contribution in [0.4, 0.5) is 0 Å². The molecule has 1 saturated carbocycles. The summed E-state index contributed by atoms with van der Waals surface area (Å²) in [6.07, 6.45) is 7.41. The third-order valence-corrected chi connectivity index (χ3v) is 13.2. The van der Waals surface area contributed by atoms with Crippen LogP contribution in [-0.2, 0) is 37.5 Å². The van der Waals surface area contributed by atoms with Crippen LogP contribution < -0.4 is 0 Å². The lowest BCUT2D eigenvalue weighted by molar-refractivity contribution is -0.167. The van der Waals surface area contributed by atoms with Crippen LogP contribution in [0.1, 0.15) is 174 Å². The number of ketones is 1. The summed E-state index contributed by atoms with van der Waals surface area (Å²) in [5, 5.41) is 78.4. The molecular weight excluding hydrogens is 851 g/mol. The van der Waals surface area contributed by atoms with E-state index in [1.165, 1.54) is 31.8 Å². The first-order chi connectivity index (χ1) is 30.6. The molecule has 12 atom stereocenters. The number of hydrogen-bond acceptors (Lipinski definition) is 15. The van der Waals surface area contributed by atoms with E-state index in [2.05, 4.69) is 19.1 Å². The standard InChI is InChI=1S/C47H83O16P/c1-3-5-7-8-9-10-11-12-13-14-15-16-17-18-23-27-40(51)60-32-35-33-61-64(58,59)63-47-45(56)43(54)37(30-29-34(48)25-21-6-4-2)39(50)31-38(49)36(42(53)44(55)46(47)57)26-22-19-20-24-28-41(52)62-35/h10-11,29-30,34-38,42-49,53-57H,3-9,12-28,31-33H2,1-2H3,(H,58,59)/b11-10-,30-29+/t34-,35+,36-,37-,38-,42+,43+,44-,45+,46+,47+/m0/s1. The molecule has 64 heavy (non-hydrogen) atoms. The van der Waals surface area contributed by atoms with Crippen LogP contribution in [0.25, 0.3) is 0 Å². The molecule has 1 heterocycles. The van der Waals surface area contributed by atoms with Gasteiger partial charge in [0.05, 0.1) is 36.9 Å². The Labute approximate surface area is 381 Å². The van der Waals surface area contributed by atoms with Crippen molar-refractivity contribution in [2.75, 3.05) is 13.2 Å². The normalized spacial score (nSPS) is 31.4. The van der Waals surface area contributed by atoms with Gasteiger partial charge in [-0.05, 0) is 51.4 Å². The highest BCUT2D eigenvalue weighted by Gasteiger charge is 2.49.